The lowest BCUT2D eigenvalue weighted by Gasteiger charge is -2.32. The monoisotopic (exact) mass is 217 g/mol. The van der Waals surface area contributed by atoms with Gasteiger partial charge in [0.25, 0.3) is 0 Å². The summed E-state index contributed by atoms with van der Waals surface area (Å²) in [5, 5.41) is 17.3. The van der Waals surface area contributed by atoms with Crippen molar-refractivity contribution in [3.63, 3.8) is 0 Å². The highest BCUT2D eigenvalue weighted by Crippen LogP contribution is 2.09. The minimum absolute atomic E-state index is 0.0799. The maximum absolute atomic E-state index is 10.5. The van der Waals surface area contributed by atoms with Crippen LogP contribution in [0.15, 0.2) is 0 Å². The number of aliphatic hydroxyl groups is 1. The number of hydrogen-bond donors (Lipinski definition) is 2. The summed E-state index contributed by atoms with van der Waals surface area (Å²) >= 11 is 0. The molecule has 0 aromatic carbocycles. The Morgan fingerprint density at radius 1 is 1.47 bits per heavy atom. The van der Waals surface area contributed by atoms with Crippen molar-refractivity contribution in [2.45, 2.75) is 25.4 Å². The van der Waals surface area contributed by atoms with E-state index in [0.717, 1.165) is 25.9 Å². The number of nitrogens with zero attached hydrogens (tertiary/aromatic N) is 1. The molecular formula is C10H19NO4. The molecule has 1 aliphatic heterocycles. The molecule has 5 nitrogen and oxygen atoms in total. The van der Waals surface area contributed by atoms with Crippen molar-refractivity contribution in [1.82, 2.24) is 4.90 Å². The molecule has 88 valence electrons. The summed E-state index contributed by atoms with van der Waals surface area (Å²) in [6, 6.07) is 0. The molecule has 1 unspecified atom stereocenters. The number of unbranched alkanes of at least 4 members (excludes halogenated alkanes) is 1. The molecule has 0 radical (unpaired) electrons. The number of morpholine rings is 1. The van der Waals surface area contributed by atoms with Gasteiger partial charge >= 0.3 is 5.97 Å². The fourth-order valence-corrected chi connectivity index (χ4v) is 1.75. The van der Waals surface area contributed by atoms with E-state index in [1.165, 1.54) is 0 Å². The number of carboxylic acids is 1. The fourth-order valence-electron chi connectivity index (χ4n) is 1.75. The van der Waals surface area contributed by atoms with Crippen LogP contribution in [-0.4, -0.2) is 60.0 Å². The van der Waals surface area contributed by atoms with Gasteiger partial charge in [0.1, 0.15) is 0 Å². The Bertz CT molecular complexity index is 198. The highest BCUT2D eigenvalue weighted by molar-refractivity contribution is 5.67. The molecule has 0 spiro atoms. The first-order valence-electron chi connectivity index (χ1n) is 5.39. The van der Waals surface area contributed by atoms with E-state index in [0.29, 0.717) is 13.2 Å². The van der Waals surface area contributed by atoms with Gasteiger partial charge in [0, 0.05) is 19.7 Å². The Kier molecular flexibility index (Phi) is 5.60. The standard InChI is InChI=1S/C10H19NO4/c12-5-2-1-3-11-4-6-15-9(8-11)7-10(13)14/h9,12H,1-8H2,(H,13,14). The number of hydrogen-bond acceptors (Lipinski definition) is 4. The fraction of sp³-hybridized carbons (Fsp3) is 0.900. The first kappa shape index (κ1) is 12.4. The van der Waals surface area contributed by atoms with E-state index >= 15 is 0 Å². The van der Waals surface area contributed by atoms with Crippen LogP contribution in [-0.2, 0) is 9.53 Å². The third-order valence-corrected chi connectivity index (χ3v) is 2.51. The highest BCUT2D eigenvalue weighted by Gasteiger charge is 2.21. The predicted molar refractivity (Wildman–Crippen MR) is 54.8 cm³/mol. The van der Waals surface area contributed by atoms with Crippen LogP contribution in [0.4, 0.5) is 0 Å². The van der Waals surface area contributed by atoms with Gasteiger partial charge in [-0.1, -0.05) is 0 Å². The van der Waals surface area contributed by atoms with Gasteiger partial charge in [0.05, 0.1) is 19.1 Å². The van der Waals surface area contributed by atoms with E-state index in [9.17, 15) is 4.79 Å². The van der Waals surface area contributed by atoms with Gasteiger partial charge in [-0.05, 0) is 19.4 Å². The van der Waals surface area contributed by atoms with E-state index in [-0.39, 0.29) is 19.1 Å². The molecule has 1 rings (SSSR count). The van der Waals surface area contributed by atoms with Gasteiger partial charge in [-0.25, -0.2) is 0 Å². The van der Waals surface area contributed by atoms with Gasteiger partial charge in [-0.2, -0.15) is 0 Å². The van der Waals surface area contributed by atoms with Crippen molar-refractivity contribution in [2.75, 3.05) is 32.8 Å². The molecule has 15 heavy (non-hydrogen) atoms. The molecule has 1 aliphatic rings. The molecule has 0 bridgehead atoms. The van der Waals surface area contributed by atoms with E-state index in [1.54, 1.807) is 0 Å². The quantitative estimate of drug-likeness (QED) is 0.610. The summed E-state index contributed by atoms with van der Waals surface area (Å²) in [5.74, 6) is -0.808. The maximum atomic E-state index is 10.5. The highest BCUT2D eigenvalue weighted by atomic mass is 16.5. The van der Waals surface area contributed by atoms with Crippen LogP contribution < -0.4 is 0 Å². The van der Waals surface area contributed by atoms with Crippen LogP contribution in [0.3, 0.4) is 0 Å². The predicted octanol–water partition coefficient (Wildman–Crippen LogP) is -0.0656. The third-order valence-electron chi connectivity index (χ3n) is 2.51. The number of ether oxygens (including phenoxy) is 1. The SMILES string of the molecule is O=C(O)CC1CN(CCCCO)CCO1. The summed E-state index contributed by atoms with van der Waals surface area (Å²) in [6.07, 6.45) is 1.67. The van der Waals surface area contributed by atoms with Crippen LogP contribution in [0.1, 0.15) is 19.3 Å². The first-order valence-corrected chi connectivity index (χ1v) is 5.39. The Morgan fingerprint density at radius 2 is 2.27 bits per heavy atom. The molecule has 1 saturated heterocycles. The number of rotatable bonds is 6. The van der Waals surface area contributed by atoms with Crippen LogP contribution in [0.5, 0.6) is 0 Å². The molecule has 1 atom stereocenters. The van der Waals surface area contributed by atoms with E-state index < -0.39 is 5.97 Å². The smallest absolute Gasteiger partial charge is 0.306 e. The van der Waals surface area contributed by atoms with Crippen molar-refractivity contribution < 1.29 is 19.7 Å². The lowest BCUT2D eigenvalue weighted by atomic mass is 10.2. The minimum Gasteiger partial charge on any atom is -0.481 e. The second-order valence-electron chi connectivity index (χ2n) is 3.82. The Morgan fingerprint density at radius 3 is 2.93 bits per heavy atom. The van der Waals surface area contributed by atoms with Gasteiger partial charge in [0.2, 0.25) is 0 Å². The van der Waals surface area contributed by atoms with Crippen LogP contribution in [0.2, 0.25) is 0 Å². The van der Waals surface area contributed by atoms with Crippen molar-refractivity contribution in [3.05, 3.63) is 0 Å². The van der Waals surface area contributed by atoms with Crippen molar-refractivity contribution >= 4 is 5.97 Å². The summed E-state index contributed by atoms with van der Waals surface area (Å²) in [5.41, 5.74) is 0. The van der Waals surface area contributed by atoms with Crippen molar-refractivity contribution in [1.29, 1.82) is 0 Å². The molecule has 0 aliphatic carbocycles. The second-order valence-corrected chi connectivity index (χ2v) is 3.82. The number of aliphatic hydroxyl groups excluding tert-OH is 1. The molecule has 1 fully saturated rings. The van der Waals surface area contributed by atoms with Gasteiger partial charge in [-0.3, -0.25) is 9.69 Å². The van der Waals surface area contributed by atoms with E-state index in [2.05, 4.69) is 4.90 Å². The first-order chi connectivity index (χ1) is 7.22. The molecule has 5 heteroatoms. The lowest BCUT2D eigenvalue weighted by Crippen LogP contribution is -2.43. The third kappa shape index (κ3) is 5.11. The van der Waals surface area contributed by atoms with Crippen molar-refractivity contribution in [3.8, 4) is 0 Å². The number of aliphatic carboxylic acids is 1. The number of carboxylic acid groups (broad SMARTS) is 1. The average Bonchev–Trinajstić information content (AvgIpc) is 2.18. The second kappa shape index (κ2) is 6.76. The number of carbonyl (C=O) groups is 1. The summed E-state index contributed by atoms with van der Waals surface area (Å²) in [4.78, 5) is 12.7. The topological polar surface area (TPSA) is 70.0 Å². The molecule has 0 aromatic heterocycles. The van der Waals surface area contributed by atoms with Gasteiger partial charge in [-0.15, -0.1) is 0 Å². The average molecular weight is 217 g/mol. The van der Waals surface area contributed by atoms with Gasteiger partial charge in [0.15, 0.2) is 0 Å². The molecule has 1 heterocycles. The Labute approximate surface area is 89.6 Å². The van der Waals surface area contributed by atoms with Crippen LogP contribution in [0, 0.1) is 0 Å². The van der Waals surface area contributed by atoms with Crippen LogP contribution in [0.25, 0.3) is 0 Å². The molecule has 2 N–H and O–H groups in total. The minimum atomic E-state index is -0.808. The lowest BCUT2D eigenvalue weighted by molar-refractivity contribution is -0.142. The molecule has 0 aromatic rings. The van der Waals surface area contributed by atoms with Crippen molar-refractivity contribution in [2.24, 2.45) is 0 Å². The summed E-state index contributed by atoms with van der Waals surface area (Å²) < 4.78 is 5.35. The largest absolute Gasteiger partial charge is 0.481 e. The molecule has 0 amide bonds. The molecule has 0 saturated carbocycles. The zero-order chi connectivity index (χ0) is 11.1. The zero-order valence-corrected chi connectivity index (χ0v) is 8.89. The van der Waals surface area contributed by atoms with Gasteiger partial charge < -0.3 is 14.9 Å². The molecular weight excluding hydrogens is 198 g/mol. The van der Waals surface area contributed by atoms with E-state index in [1.807, 2.05) is 0 Å². The summed E-state index contributed by atoms with van der Waals surface area (Å²) in [6.45, 7) is 3.30. The maximum Gasteiger partial charge on any atom is 0.306 e. The van der Waals surface area contributed by atoms with Crippen LogP contribution >= 0.6 is 0 Å². The Hall–Kier alpha value is -0.650. The van der Waals surface area contributed by atoms with E-state index in [4.69, 9.17) is 14.9 Å². The Balaban J connectivity index is 2.19. The summed E-state index contributed by atoms with van der Waals surface area (Å²) in [7, 11) is 0. The normalized spacial score (nSPS) is 22.9. The zero-order valence-electron chi connectivity index (χ0n) is 8.89.